The molecule has 0 aliphatic heterocycles. The van der Waals surface area contributed by atoms with Crippen LogP contribution in [-0.2, 0) is 16.5 Å². The molecule has 0 unspecified atom stereocenters. The van der Waals surface area contributed by atoms with Crippen molar-refractivity contribution < 1.29 is 16.5 Å². The second-order valence-corrected chi connectivity index (χ2v) is 10.8. The van der Waals surface area contributed by atoms with Crippen LogP contribution in [-0.4, -0.2) is 43.0 Å². The van der Waals surface area contributed by atoms with Crippen LogP contribution in [0.3, 0.4) is 0 Å². The molecule has 0 aliphatic carbocycles. The molecule has 2 aromatic rings. The summed E-state index contributed by atoms with van der Waals surface area (Å²) >= 11 is 0. The Bertz CT molecular complexity index is 606. The third-order valence-corrected chi connectivity index (χ3v) is 7.40. The van der Waals surface area contributed by atoms with Gasteiger partial charge in [-0.2, -0.15) is 0 Å². The molecular formula is C24H34NNiP. The van der Waals surface area contributed by atoms with Crippen LogP contribution in [0.15, 0.2) is 60.7 Å². The number of hydrogen-bond acceptors (Lipinski definition) is 1. The molecule has 0 saturated heterocycles. The van der Waals surface area contributed by atoms with Gasteiger partial charge in [-0.3, -0.25) is 0 Å². The average Bonchev–Trinajstić information content (AvgIpc) is 2.61. The predicted molar refractivity (Wildman–Crippen MR) is 119 cm³/mol. The van der Waals surface area contributed by atoms with Crippen molar-refractivity contribution in [3.8, 4) is 11.8 Å². The predicted octanol–water partition coefficient (Wildman–Crippen LogP) is 5.93. The zero-order valence-electron chi connectivity index (χ0n) is 17.6. The Hall–Kier alpha value is -1.12. The molecule has 0 heterocycles. The summed E-state index contributed by atoms with van der Waals surface area (Å²) in [6.45, 7) is 10.7. The van der Waals surface area contributed by atoms with Crippen molar-refractivity contribution in [2.45, 2.75) is 39.0 Å². The Morgan fingerprint density at radius 1 is 0.741 bits per heavy atom. The fourth-order valence-corrected chi connectivity index (χ4v) is 5.47. The first-order valence-corrected chi connectivity index (χ1v) is 11.1. The van der Waals surface area contributed by atoms with Gasteiger partial charge in [0.15, 0.2) is 0 Å². The van der Waals surface area contributed by atoms with Gasteiger partial charge in [-0.15, -0.1) is 7.92 Å². The Balaban J connectivity index is 0.000000491. The van der Waals surface area contributed by atoms with E-state index in [1.54, 1.807) is 0 Å². The van der Waals surface area contributed by atoms with E-state index in [0.717, 1.165) is 22.4 Å². The number of rotatable bonds is 5. The molecule has 2 aromatic carbocycles. The molecule has 150 valence electrons. The van der Waals surface area contributed by atoms with E-state index in [9.17, 15) is 0 Å². The van der Waals surface area contributed by atoms with Crippen molar-refractivity contribution in [3.05, 3.63) is 71.8 Å². The van der Waals surface area contributed by atoms with Crippen molar-refractivity contribution in [2.24, 2.45) is 0 Å². The monoisotopic (exact) mass is 425 g/mol. The van der Waals surface area contributed by atoms with Gasteiger partial charge in [-0.05, 0) is 55.8 Å². The zero-order valence-corrected chi connectivity index (χ0v) is 19.4. The smallest absolute Gasteiger partial charge is 0.0249 e. The molecule has 0 fully saturated rings. The van der Waals surface area contributed by atoms with Gasteiger partial charge in [-0.1, -0.05) is 75.9 Å². The number of benzene rings is 2. The Morgan fingerprint density at radius 2 is 1.11 bits per heavy atom. The van der Waals surface area contributed by atoms with Crippen LogP contribution in [0.25, 0.3) is 0 Å². The van der Waals surface area contributed by atoms with Crippen molar-refractivity contribution in [1.29, 1.82) is 0 Å². The molecule has 0 bridgehead atoms. The molecule has 1 nitrogen and oxygen atoms in total. The minimum absolute atomic E-state index is 0. The normalized spacial score (nSPS) is 10.1. The van der Waals surface area contributed by atoms with Gasteiger partial charge >= 0.3 is 0 Å². The first-order valence-electron chi connectivity index (χ1n) is 9.42. The standard InChI is InChI=1S/C14H10.C10H24NP.Ni/c1-3-7-13(8-4-1)11-12-14-9-5-2-6-10-14;1-9(2)12(10(3)4)8-7-11(5)6;/h1-10H;9-10H,7-8H2,1-6H3;. The van der Waals surface area contributed by atoms with Gasteiger partial charge in [0, 0.05) is 34.2 Å². The third kappa shape index (κ3) is 12.1. The second-order valence-electron chi connectivity index (χ2n) is 7.21. The third-order valence-electron chi connectivity index (χ3n) is 4.03. The molecule has 0 spiro atoms. The van der Waals surface area contributed by atoms with Crippen molar-refractivity contribution >= 4 is 7.92 Å². The SMILES string of the molecule is C(#Cc1ccccc1)c1ccccc1.CC(C)P(CCN(C)C)C(C)C.[Ni]. The van der Waals surface area contributed by atoms with Crippen LogP contribution in [0.1, 0.15) is 38.8 Å². The summed E-state index contributed by atoms with van der Waals surface area (Å²) < 4.78 is 0. The topological polar surface area (TPSA) is 3.24 Å². The molecule has 0 atom stereocenters. The molecular weight excluding hydrogens is 392 g/mol. The minimum atomic E-state index is 0. The average molecular weight is 426 g/mol. The summed E-state index contributed by atoms with van der Waals surface area (Å²) in [6.07, 6.45) is 1.40. The van der Waals surface area contributed by atoms with Crippen LogP contribution in [0.2, 0.25) is 0 Å². The van der Waals surface area contributed by atoms with Crippen LogP contribution in [0, 0.1) is 11.8 Å². The molecule has 0 saturated carbocycles. The van der Waals surface area contributed by atoms with E-state index in [0.29, 0.717) is 0 Å². The van der Waals surface area contributed by atoms with Crippen LogP contribution >= 0.6 is 7.92 Å². The Labute approximate surface area is 178 Å². The molecule has 0 amide bonds. The summed E-state index contributed by atoms with van der Waals surface area (Å²) in [7, 11) is 4.57. The second kappa shape index (κ2) is 14.9. The Morgan fingerprint density at radius 3 is 1.41 bits per heavy atom. The maximum Gasteiger partial charge on any atom is 0.0249 e. The van der Waals surface area contributed by atoms with E-state index < -0.39 is 0 Å². The molecule has 0 aliphatic rings. The number of nitrogens with zero attached hydrogens (tertiary/aromatic N) is 1. The molecule has 0 radical (unpaired) electrons. The van der Waals surface area contributed by atoms with Crippen molar-refractivity contribution in [2.75, 3.05) is 26.8 Å². The van der Waals surface area contributed by atoms with E-state index in [2.05, 4.69) is 58.5 Å². The van der Waals surface area contributed by atoms with Crippen molar-refractivity contribution in [1.82, 2.24) is 4.90 Å². The van der Waals surface area contributed by atoms with Crippen LogP contribution in [0.5, 0.6) is 0 Å². The number of hydrogen-bond donors (Lipinski definition) is 0. The fourth-order valence-electron chi connectivity index (χ4n) is 2.62. The van der Waals surface area contributed by atoms with Gasteiger partial charge in [0.2, 0.25) is 0 Å². The summed E-state index contributed by atoms with van der Waals surface area (Å²) in [4.78, 5) is 2.29. The van der Waals surface area contributed by atoms with E-state index in [1.807, 2.05) is 60.7 Å². The van der Waals surface area contributed by atoms with Gasteiger partial charge in [-0.25, -0.2) is 0 Å². The summed E-state index contributed by atoms with van der Waals surface area (Å²) in [6, 6.07) is 20.0. The minimum Gasteiger partial charge on any atom is -0.309 e. The van der Waals surface area contributed by atoms with Gasteiger partial charge in [0.1, 0.15) is 0 Å². The van der Waals surface area contributed by atoms with E-state index in [4.69, 9.17) is 0 Å². The van der Waals surface area contributed by atoms with E-state index in [1.165, 1.54) is 12.7 Å². The first-order chi connectivity index (χ1) is 12.4. The first kappa shape index (κ1) is 25.9. The van der Waals surface area contributed by atoms with Crippen LogP contribution < -0.4 is 0 Å². The van der Waals surface area contributed by atoms with Crippen LogP contribution in [0.4, 0.5) is 0 Å². The molecule has 2 rings (SSSR count). The van der Waals surface area contributed by atoms with Gasteiger partial charge < -0.3 is 4.90 Å². The Kier molecular flexibility index (Phi) is 14.3. The molecule has 3 heteroatoms. The largest absolute Gasteiger partial charge is 0.309 e. The fraction of sp³-hybridized carbons (Fsp3) is 0.417. The summed E-state index contributed by atoms with van der Waals surface area (Å²) in [5.74, 6) is 6.22. The molecule has 0 aromatic heterocycles. The molecule has 0 N–H and O–H groups in total. The van der Waals surface area contributed by atoms with Crippen molar-refractivity contribution in [3.63, 3.8) is 0 Å². The maximum atomic E-state index is 3.11. The van der Waals surface area contributed by atoms with E-state index in [-0.39, 0.29) is 24.4 Å². The summed E-state index contributed by atoms with van der Waals surface area (Å²) in [5, 5.41) is 0. The van der Waals surface area contributed by atoms with E-state index >= 15 is 0 Å². The van der Waals surface area contributed by atoms with Gasteiger partial charge in [0.05, 0.1) is 0 Å². The quantitative estimate of drug-likeness (QED) is 0.326. The zero-order chi connectivity index (χ0) is 19.4. The maximum absolute atomic E-state index is 3.11. The van der Waals surface area contributed by atoms with Gasteiger partial charge in [0.25, 0.3) is 0 Å². The molecule has 27 heavy (non-hydrogen) atoms. The summed E-state index contributed by atoms with van der Waals surface area (Å²) in [5.41, 5.74) is 3.88.